The molecular weight excluding hydrogens is 339 g/mol. The fourth-order valence-electron chi connectivity index (χ4n) is 4.00. The number of pyridine rings is 1. The monoisotopic (exact) mass is 368 g/mol. The first kappa shape index (κ1) is 19.6. The first-order chi connectivity index (χ1) is 12.9. The van der Waals surface area contributed by atoms with E-state index in [0.29, 0.717) is 18.5 Å². The van der Waals surface area contributed by atoms with E-state index in [1.54, 1.807) is 6.20 Å². The number of anilines is 1. The third-order valence-corrected chi connectivity index (χ3v) is 5.73. The second kappa shape index (κ2) is 8.22. The third kappa shape index (κ3) is 4.22. The predicted octanol–water partition coefficient (Wildman–Crippen LogP) is 5.08. The number of aromatic nitrogens is 1. The second-order valence-electron chi connectivity index (χ2n) is 7.60. The van der Waals surface area contributed by atoms with Crippen LogP contribution in [0.4, 0.5) is 10.1 Å². The van der Waals surface area contributed by atoms with Gasteiger partial charge in [0, 0.05) is 35.1 Å². The van der Waals surface area contributed by atoms with Crippen molar-refractivity contribution in [1.82, 2.24) is 4.98 Å². The molecule has 144 valence electrons. The Morgan fingerprint density at radius 3 is 2.70 bits per heavy atom. The zero-order valence-electron chi connectivity index (χ0n) is 16.4. The van der Waals surface area contributed by atoms with Crippen molar-refractivity contribution in [3.63, 3.8) is 0 Å². The van der Waals surface area contributed by atoms with Crippen molar-refractivity contribution in [2.24, 2.45) is 5.92 Å². The molecule has 1 aromatic heterocycles. The number of alkyl halides is 1. The van der Waals surface area contributed by atoms with Crippen molar-refractivity contribution in [1.29, 1.82) is 0 Å². The molecule has 0 spiro atoms. The summed E-state index contributed by atoms with van der Waals surface area (Å²) in [6.07, 6.45) is 1.71. The normalized spacial score (nSPS) is 25.2. The van der Waals surface area contributed by atoms with Crippen LogP contribution in [0, 0.1) is 19.8 Å². The molecule has 1 aliphatic rings. The van der Waals surface area contributed by atoms with Crippen molar-refractivity contribution >= 4 is 5.69 Å². The Bertz CT molecular complexity index is 820. The molecule has 4 atom stereocenters. The number of rotatable bonds is 5. The van der Waals surface area contributed by atoms with E-state index in [-0.39, 0.29) is 5.92 Å². The molecule has 0 amide bonds. The highest BCUT2D eigenvalue weighted by Crippen LogP contribution is 2.43. The van der Waals surface area contributed by atoms with Crippen LogP contribution in [0.5, 0.6) is 0 Å². The smallest absolute Gasteiger partial charge is 0.108 e. The van der Waals surface area contributed by atoms with Crippen molar-refractivity contribution in [3.8, 4) is 0 Å². The van der Waals surface area contributed by atoms with Crippen LogP contribution in [0.1, 0.15) is 48.1 Å². The molecule has 1 saturated carbocycles. The standard InChI is InChI=1S/C23H29FN2O/c1-5-18-13-17(10-11-25-18)23-20(24)8-9-21(27)22(23)16(4)26-19-7-6-14(2)15(3)12-19/h6-7,10-13,20-23,26-27H,4-5,8-9H2,1-3H3. The van der Waals surface area contributed by atoms with Gasteiger partial charge >= 0.3 is 0 Å². The second-order valence-corrected chi connectivity index (χ2v) is 7.60. The summed E-state index contributed by atoms with van der Waals surface area (Å²) in [6.45, 7) is 10.3. The maximum Gasteiger partial charge on any atom is 0.108 e. The van der Waals surface area contributed by atoms with Crippen molar-refractivity contribution in [2.45, 2.75) is 58.2 Å². The Kier molecular flexibility index (Phi) is 5.95. The Morgan fingerprint density at radius 1 is 1.22 bits per heavy atom. The SMILES string of the molecule is C=C(Nc1ccc(C)c(C)c1)C1C(O)CCC(F)C1c1ccnc(CC)c1. The zero-order valence-corrected chi connectivity index (χ0v) is 16.4. The summed E-state index contributed by atoms with van der Waals surface area (Å²) in [5.74, 6) is -0.809. The molecule has 2 aromatic rings. The number of aryl methyl sites for hydroxylation is 3. The average molecular weight is 368 g/mol. The quantitative estimate of drug-likeness (QED) is 0.774. The highest BCUT2D eigenvalue weighted by molar-refractivity contribution is 5.52. The topological polar surface area (TPSA) is 45.1 Å². The molecule has 0 saturated heterocycles. The van der Waals surface area contributed by atoms with Crippen LogP contribution in [0.2, 0.25) is 0 Å². The van der Waals surface area contributed by atoms with E-state index in [0.717, 1.165) is 23.4 Å². The van der Waals surface area contributed by atoms with Crippen LogP contribution in [-0.4, -0.2) is 22.4 Å². The molecule has 4 heteroatoms. The number of halogens is 1. The Morgan fingerprint density at radius 2 is 2.00 bits per heavy atom. The molecule has 3 rings (SSSR count). The molecule has 4 unspecified atom stereocenters. The largest absolute Gasteiger partial charge is 0.392 e. The van der Waals surface area contributed by atoms with E-state index >= 15 is 4.39 Å². The summed E-state index contributed by atoms with van der Waals surface area (Å²) in [6, 6.07) is 9.93. The number of aliphatic hydroxyl groups is 1. The molecule has 0 aliphatic heterocycles. The first-order valence-corrected chi connectivity index (χ1v) is 9.70. The van der Waals surface area contributed by atoms with E-state index in [2.05, 4.69) is 36.8 Å². The lowest BCUT2D eigenvalue weighted by Crippen LogP contribution is -2.40. The van der Waals surface area contributed by atoms with Gasteiger partial charge in [0.1, 0.15) is 6.17 Å². The molecule has 1 aliphatic carbocycles. The molecule has 1 aromatic carbocycles. The minimum absolute atomic E-state index is 0.364. The molecular formula is C23H29FN2O. The molecule has 27 heavy (non-hydrogen) atoms. The van der Waals surface area contributed by atoms with Gasteiger partial charge in [0.2, 0.25) is 0 Å². The van der Waals surface area contributed by atoms with Gasteiger partial charge in [-0.1, -0.05) is 19.6 Å². The van der Waals surface area contributed by atoms with Gasteiger partial charge < -0.3 is 10.4 Å². The maximum absolute atomic E-state index is 15.0. The summed E-state index contributed by atoms with van der Waals surface area (Å²) in [4.78, 5) is 4.33. The highest BCUT2D eigenvalue weighted by Gasteiger charge is 2.41. The van der Waals surface area contributed by atoms with Crippen LogP contribution >= 0.6 is 0 Å². The Labute approximate surface area is 161 Å². The first-order valence-electron chi connectivity index (χ1n) is 9.70. The van der Waals surface area contributed by atoms with Crippen LogP contribution in [0.15, 0.2) is 48.8 Å². The molecule has 1 heterocycles. The van der Waals surface area contributed by atoms with Crippen molar-refractivity contribution in [3.05, 3.63) is 71.2 Å². The van der Waals surface area contributed by atoms with Gasteiger partial charge in [-0.2, -0.15) is 0 Å². The minimum Gasteiger partial charge on any atom is -0.392 e. The fourth-order valence-corrected chi connectivity index (χ4v) is 4.00. The number of hydrogen-bond acceptors (Lipinski definition) is 3. The van der Waals surface area contributed by atoms with E-state index in [4.69, 9.17) is 0 Å². The number of nitrogens with one attached hydrogen (secondary N) is 1. The molecule has 0 bridgehead atoms. The summed E-state index contributed by atoms with van der Waals surface area (Å²) >= 11 is 0. The summed E-state index contributed by atoms with van der Waals surface area (Å²) < 4.78 is 15.0. The van der Waals surface area contributed by atoms with E-state index < -0.39 is 18.2 Å². The third-order valence-electron chi connectivity index (χ3n) is 5.73. The molecule has 3 nitrogen and oxygen atoms in total. The van der Waals surface area contributed by atoms with E-state index in [1.807, 2.05) is 31.2 Å². The van der Waals surface area contributed by atoms with Gasteiger partial charge in [0.25, 0.3) is 0 Å². The maximum atomic E-state index is 15.0. The lowest BCUT2D eigenvalue weighted by Gasteiger charge is -2.39. The number of hydrogen-bond donors (Lipinski definition) is 2. The Balaban J connectivity index is 1.90. The van der Waals surface area contributed by atoms with E-state index in [9.17, 15) is 5.11 Å². The van der Waals surface area contributed by atoms with Gasteiger partial charge in [-0.15, -0.1) is 0 Å². The molecule has 2 N–H and O–H groups in total. The van der Waals surface area contributed by atoms with Gasteiger partial charge in [0.05, 0.1) is 6.10 Å². The summed E-state index contributed by atoms with van der Waals surface area (Å²) in [5.41, 5.74) is 5.80. The van der Waals surface area contributed by atoms with Crippen LogP contribution in [0.3, 0.4) is 0 Å². The number of aliphatic hydroxyl groups excluding tert-OH is 1. The van der Waals surface area contributed by atoms with Crippen LogP contribution in [-0.2, 0) is 6.42 Å². The van der Waals surface area contributed by atoms with Crippen molar-refractivity contribution in [2.75, 3.05) is 5.32 Å². The van der Waals surface area contributed by atoms with Gasteiger partial charge in [-0.05, 0) is 74.1 Å². The lowest BCUT2D eigenvalue weighted by molar-refractivity contribution is 0.0357. The van der Waals surface area contributed by atoms with Gasteiger partial charge in [-0.3, -0.25) is 4.98 Å². The highest BCUT2D eigenvalue weighted by atomic mass is 19.1. The average Bonchev–Trinajstić information content (AvgIpc) is 2.66. The van der Waals surface area contributed by atoms with Crippen LogP contribution < -0.4 is 5.32 Å². The summed E-state index contributed by atoms with van der Waals surface area (Å²) in [5, 5.41) is 14.0. The minimum atomic E-state index is -1.01. The number of benzene rings is 1. The van der Waals surface area contributed by atoms with Gasteiger partial charge in [0.15, 0.2) is 0 Å². The zero-order chi connectivity index (χ0) is 19.6. The summed E-state index contributed by atoms with van der Waals surface area (Å²) in [7, 11) is 0. The molecule has 1 fully saturated rings. The molecule has 0 radical (unpaired) electrons. The van der Waals surface area contributed by atoms with Gasteiger partial charge in [-0.25, -0.2) is 4.39 Å². The van der Waals surface area contributed by atoms with E-state index in [1.165, 1.54) is 11.1 Å². The lowest BCUT2D eigenvalue weighted by atomic mass is 9.71. The fraction of sp³-hybridized carbons (Fsp3) is 0.435. The van der Waals surface area contributed by atoms with Crippen molar-refractivity contribution < 1.29 is 9.50 Å². The van der Waals surface area contributed by atoms with Crippen LogP contribution in [0.25, 0.3) is 0 Å². The Hall–Kier alpha value is -2.20. The predicted molar refractivity (Wildman–Crippen MR) is 109 cm³/mol. The number of nitrogens with zero attached hydrogens (tertiary/aromatic N) is 1.